The van der Waals surface area contributed by atoms with Crippen LogP contribution < -0.4 is 10.9 Å². The van der Waals surface area contributed by atoms with Gasteiger partial charge in [0.05, 0.1) is 18.7 Å². The normalized spacial score (nSPS) is 20.4. The van der Waals surface area contributed by atoms with Crippen molar-refractivity contribution in [2.24, 2.45) is 5.92 Å². The summed E-state index contributed by atoms with van der Waals surface area (Å²) in [5.41, 5.74) is 5.24. The van der Waals surface area contributed by atoms with Crippen LogP contribution in [0.2, 0.25) is 0 Å². The zero-order valence-electron chi connectivity index (χ0n) is 18.8. The Morgan fingerprint density at radius 3 is 2.55 bits per heavy atom. The number of nitrogens with one attached hydrogen (secondary N) is 1. The predicted molar refractivity (Wildman–Crippen MR) is 126 cm³/mol. The lowest BCUT2D eigenvalue weighted by Crippen LogP contribution is -2.40. The summed E-state index contributed by atoms with van der Waals surface area (Å²) < 4.78 is 7.56. The lowest BCUT2D eigenvalue weighted by molar-refractivity contribution is 0.0384. The van der Waals surface area contributed by atoms with Crippen LogP contribution in [0.15, 0.2) is 23.0 Å². The number of pyridine rings is 1. The fourth-order valence-corrected chi connectivity index (χ4v) is 5.73. The number of morpholine rings is 1. The summed E-state index contributed by atoms with van der Waals surface area (Å²) in [4.78, 5) is 16.0. The van der Waals surface area contributed by atoms with Gasteiger partial charge in [0.25, 0.3) is 5.56 Å². The van der Waals surface area contributed by atoms with E-state index in [-0.39, 0.29) is 5.56 Å². The molecule has 1 aliphatic heterocycles. The lowest BCUT2D eigenvalue weighted by Gasteiger charge is -2.26. The fraction of sp³-hybridized carbons (Fsp3) is 0.654. The smallest absolute Gasteiger partial charge is 0.255 e. The molecule has 5 rings (SSSR count). The molecule has 2 fully saturated rings. The van der Waals surface area contributed by atoms with Crippen LogP contribution in [-0.2, 0) is 30.7 Å². The number of fused-ring (bicyclic) bond motifs is 2. The van der Waals surface area contributed by atoms with E-state index in [1.807, 2.05) is 0 Å². The highest BCUT2D eigenvalue weighted by molar-refractivity contribution is 5.82. The minimum atomic E-state index is 0.217. The number of hydrogen-bond donors (Lipinski definition) is 1. The van der Waals surface area contributed by atoms with Crippen LogP contribution in [0, 0.1) is 5.92 Å². The first-order valence-electron chi connectivity index (χ1n) is 12.5. The van der Waals surface area contributed by atoms with E-state index in [1.165, 1.54) is 61.5 Å². The van der Waals surface area contributed by atoms with Gasteiger partial charge in [-0.25, -0.2) is 0 Å². The summed E-state index contributed by atoms with van der Waals surface area (Å²) in [6.45, 7) is 7.15. The first kappa shape index (κ1) is 21.2. The molecule has 0 radical (unpaired) electrons. The molecule has 0 spiro atoms. The number of nitrogens with zero attached hydrogens (tertiary/aromatic N) is 2. The van der Waals surface area contributed by atoms with E-state index in [1.54, 1.807) is 0 Å². The Labute approximate surface area is 185 Å². The highest BCUT2D eigenvalue weighted by Crippen LogP contribution is 2.29. The fourth-order valence-electron chi connectivity index (χ4n) is 5.73. The molecule has 0 amide bonds. The first-order chi connectivity index (χ1) is 15.3. The summed E-state index contributed by atoms with van der Waals surface area (Å²) in [7, 11) is 0. The molecule has 1 saturated heterocycles. The summed E-state index contributed by atoms with van der Waals surface area (Å²) in [6, 6.07) is 6.86. The lowest BCUT2D eigenvalue weighted by atomic mass is 9.89. The van der Waals surface area contributed by atoms with Crippen molar-refractivity contribution in [1.82, 2.24) is 14.8 Å². The van der Waals surface area contributed by atoms with Crippen molar-refractivity contribution < 1.29 is 4.74 Å². The minimum absolute atomic E-state index is 0.217. The van der Waals surface area contributed by atoms with E-state index in [0.717, 1.165) is 63.4 Å². The Balaban J connectivity index is 1.37. The highest BCUT2D eigenvalue weighted by Gasteiger charge is 2.20. The number of hydrogen-bond acceptors (Lipinski definition) is 4. The zero-order chi connectivity index (χ0) is 21.0. The van der Waals surface area contributed by atoms with Crippen molar-refractivity contribution in [3.8, 4) is 0 Å². The molecule has 5 heteroatoms. The number of aryl methyl sites for hydroxylation is 2. The number of ether oxygens (including phenoxy) is 1. The first-order valence-corrected chi connectivity index (χ1v) is 12.5. The maximum atomic E-state index is 13.5. The molecule has 0 bridgehead atoms. The van der Waals surface area contributed by atoms with Gasteiger partial charge in [0.1, 0.15) is 0 Å². The van der Waals surface area contributed by atoms with Crippen LogP contribution in [0.1, 0.15) is 55.2 Å². The van der Waals surface area contributed by atoms with Gasteiger partial charge < -0.3 is 14.6 Å². The van der Waals surface area contributed by atoms with Gasteiger partial charge in [-0.2, -0.15) is 0 Å². The molecule has 2 aliphatic carbocycles. The quantitative estimate of drug-likeness (QED) is 0.693. The maximum Gasteiger partial charge on any atom is 0.255 e. The molecular weight excluding hydrogens is 386 g/mol. The van der Waals surface area contributed by atoms with E-state index in [4.69, 9.17) is 4.74 Å². The third-order valence-electron chi connectivity index (χ3n) is 7.57. The van der Waals surface area contributed by atoms with Gasteiger partial charge in [0.15, 0.2) is 0 Å². The van der Waals surface area contributed by atoms with Gasteiger partial charge in [-0.1, -0.05) is 19.3 Å². The van der Waals surface area contributed by atoms with Crippen molar-refractivity contribution in [2.75, 3.05) is 39.4 Å². The van der Waals surface area contributed by atoms with Crippen LogP contribution in [0.3, 0.4) is 0 Å². The molecule has 0 atom stereocenters. The van der Waals surface area contributed by atoms with Crippen LogP contribution in [0.25, 0.3) is 10.9 Å². The van der Waals surface area contributed by atoms with E-state index >= 15 is 0 Å². The Morgan fingerprint density at radius 2 is 1.74 bits per heavy atom. The zero-order valence-corrected chi connectivity index (χ0v) is 18.8. The number of rotatable bonds is 7. The number of benzene rings is 1. The van der Waals surface area contributed by atoms with E-state index in [0.29, 0.717) is 12.5 Å². The molecule has 168 valence electrons. The third kappa shape index (κ3) is 4.89. The Morgan fingerprint density at radius 1 is 0.968 bits per heavy atom. The van der Waals surface area contributed by atoms with Gasteiger partial charge in [-0.15, -0.1) is 0 Å². The van der Waals surface area contributed by atoms with E-state index in [2.05, 4.69) is 33.0 Å². The SMILES string of the molecule is O=c1c(CNCCN2CCOCC2)cc2cc3c(cc2n1CC1CCCCC1)CCC3. The molecule has 2 aromatic rings. The molecule has 1 N–H and O–H groups in total. The topological polar surface area (TPSA) is 46.5 Å². The van der Waals surface area contributed by atoms with Crippen LogP contribution >= 0.6 is 0 Å². The van der Waals surface area contributed by atoms with Gasteiger partial charge in [0, 0.05) is 44.8 Å². The standard InChI is InChI=1S/C26H37N3O2/c30-26-24(18-27-9-10-28-11-13-31-14-12-28)16-23-15-21-7-4-8-22(21)17-25(23)29(26)19-20-5-2-1-3-6-20/h15-17,20,27H,1-14,18-19H2. The van der Waals surface area contributed by atoms with Crippen molar-refractivity contribution in [2.45, 2.75) is 64.5 Å². The van der Waals surface area contributed by atoms with Crippen LogP contribution in [0.4, 0.5) is 0 Å². The van der Waals surface area contributed by atoms with E-state index in [9.17, 15) is 4.79 Å². The van der Waals surface area contributed by atoms with Crippen LogP contribution in [-0.4, -0.2) is 48.9 Å². The number of aromatic nitrogens is 1. The molecule has 5 nitrogen and oxygen atoms in total. The van der Waals surface area contributed by atoms with Crippen molar-refractivity contribution in [3.63, 3.8) is 0 Å². The van der Waals surface area contributed by atoms with Crippen molar-refractivity contribution >= 4 is 10.9 Å². The summed E-state index contributed by atoms with van der Waals surface area (Å²) in [5.74, 6) is 0.646. The highest BCUT2D eigenvalue weighted by atomic mass is 16.5. The minimum Gasteiger partial charge on any atom is -0.379 e. The van der Waals surface area contributed by atoms with Crippen molar-refractivity contribution in [1.29, 1.82) is 0 Å². The monoisotopic (exact) mass is 423 g/mol. The van der Waals surface area contributed by atoms with Gasteiger partial charge >= 0.3 is 0 Å². The largest absolute Gasteiger partial charge is 0.379 e. The van der Waals surface area contributed by atoms with Crippen molar-refractivity contribution in [3.05, 3.63) is 45.2 Å². The molecule has 1 aromatic carbocycles. The molecule has 1 aromatic heterocycles. The third-order valence-corrected chi connectivity index (χ3v) is 7.57. The molecular formula is C26H37N3O2. The molecule has 0 unspecified atom stereocenters. The molecule has 1 saturated carbocycles. The average molecular weight is 424 g/mol. The van der Waals surface area contributed by atoms with Gasteiger partial charge in [-0.05, 0) is 72.7 Å². The average Bonchev–Trinajstić information content (AvgIpc) is 3.27. The second kappa shape index (κ2) is 9.85. The maximum absolute atomic E-state index is 13.5. The van der Waals surface area contributed by atoms with Crippen LogP contribution in [0.5, 0.6) is 0 Å². The Bertz CT molecular complexity index is 955. The predicted octanol–water partition coefficient (Wildman–Crippen LogP) is 3.49. The van der Waals surface area contributed by atoms with Gasteiger partial charge in [-0.3, -0.25) is 9.69 Å². The van der Waals surface area contributed by atoms with E-state index < -0.39 is 0 Å². The second-order valence-electron chi connectivity index (χ2n) is 9.75. The summed E-state index contributed by atoms with van der Waals surface area (Å²) in [5, 5.41) is 4.79. The molecule has 3 aliphatic rings. The Kier molecular flexibility index (Phi) is 6.72. The summed E-state index contributed by atoms with van der Waals surface area (Å²) >= 11 is 0. The molecule has 31 heavy (non-hydrogen) atoms. The molecule has 2 heterocycles. The summed E-state index contributed by atoms with van der Waals surface area (Å²) in [6.07, 6.45) is 10.1. The van der Waals surface area contributed by atoms with Gasteiger partial charge in [0.2, 0.25) is 0 Å². The second-order valence-corrected chi connectivity index (χ2v) is 9.75. The Hall–Kier alpha value is -1.69.